The summed E-state index contributed by atoms with van der Waals surface area (Å²) in [6, 6.07) is 10.1. The molecule has 2 rings (SSSR count). The summed E-state index contributed by atoms with van der Waals surface area (Å²) in [6.45, 7) is 4.03. The third kappa shape index (κ3) is 2.93. The van der Waals surface area contributed by atoms with Gasteiger partial charge in [0, 0.05) is 17.4 Å². The molecule has 88 valence electrons. The van der Waals surface area contributed by atoms with E-state index in [4.69, 9.17) is 5.73 Å². The van der Waals surface area contributed by atoms with Gasteiger partial charge in [-0.15, -0.1) is 0 Å². The van der Waals surface area contributed by atoms with Crippen LogP contribution in [0.4, 0.5) is 17.5 Å². The Morgan fingerprint density at radius 1 is 1.18 bits per heavy atom. The fourth-order valence-electron chi connectivity index (χ4n) is 1.63. The average molecular weight is 228 g/mol. The highest BCUT2D eigenvalue weighted by atomic mass is 15.1. The molecule has 0 atom stereocenters. The molecule has 1 heterocycles. The first-order valence-corrected chi connectivity index (χ1v) is 5.64. The van der Waals surface area contributed by atoms with Crippen molar-refractivity contribution in [2.75, 3.05) is 11.1 Å². The van der Waals surface area contributed by atoms with Crippen LogP contribution in [0.2, 0.25) is 0 Å². The van der Waals surface area contributed by atoms with Crippen LogP contribution in [0.25, 0.3) is 0 Å². The largest absolute Gasteiger partial charge is 0.368 e. The van der Waals surface area contributed by atoms with Crippen LogP contribution >= 0.6 is 0 Å². The smallest absolute Gasteiger partial charge is 0.222 e. The molecule has 0 radical (unpaired) electrons. The Hall–Kier alpha value is -2.10. The third-order valence-electron chi connectivity index (χ3n) is 2.51. The van der Waals surface area contributed by atoms with Crippen molar-refractivity contribution in [1.29, 1.82) is 0 Å². The van der Waals surface area contributed by atoms with Gasteiger partial charge in [-0.1, -0.05) is 19.1 Å². The first-order chi connectivity index (χ1) is 8.17. The summed E-state index contributed by atoms with van der Waals surface area (Å²) < 4.78 is 0. The van der Waals surface area contributed by atoms with Gasteiger partial charge >= 0.3 is 0 Å². The van der Waals surface area contributed by atoms with Crippen molar-refractivity contribution < 1.29 is 0 Å². The minimum Gasteiger partial charge on any atom is -0.368 e. The lowest BCUT2D eigenvalue weighted by molar-refractivity contribution is 1.12. The fourth-order valence-corrected chi connectivity index (χ4v) is 1.63. The maximum Gasteiger partial charge on any atom is 0.222 e. The minimum atomic E-state index is 0.290. The van der Waals surface area contributed by atoms with Crippen molar-refractivity contribution in [3.8, 4) is 0 Å². The number of nitrogens with two attached hydrogens (primary N) is 1. The Labute approximate surface area is 101 Å². The number of anilines is 3. The molecule has 0 aliphatic heterocycles. The normalized spacial score (nSPS) is 10.2. The number of nitrogens with one attached hydrogen (secondary N) is 1. The highest BCUT2D eigenvalue weighted by Crippen LogP contribution is 2.16. The number of aryl methyl sites for hydroxylation is 2. The van der Waals surface area contributed by atoms with E-state index in [1.165, 1.54) is 5.56 Å². The highest BCUT2D eigenvalue weighted by molar-refractivity contribution is 5.57. The fraction of sp³-hybridized carbons (Fsp3) is 0.231. The molecule has 0 aliphatic carbocycles. The van der Waals surface area contributed by atoms with Gasteiger partial charge in [-0.2, -0.15) is 4.98 Å². The number of hydrogen-bond acceptors (Lipinski definition) is 4. The summed E-state index contributed by atoms with van der Waals surface area (Å²) >= 11 is 0. The van der Waals surface area contributed by atoms with Crippen LogP contribution < -0.4 is 11.1 Å². The molecular formula is C13H16N4. The summed E-state index contributed by atoms with van der Waals surface area (Å²) in [5, 5.41) is 3.21. The van der Waals surface area contributed by atoms with E-state index in [1.807, 2.05) is 25.1 Å². The molecule has 0 unspecified atom stereocenters. The molecule has 4 nitrogen and oxygen atoms in total. The van der Waals surface area contributed by atoms with Crippen LogP contribution in [0.15, 0.2) is 30.3 Å². The number of nitrogen functional groups attached to an aromatic ring is 1. The summed E-state index contributed by atoms with van der Waals surface area (Å²) in [4.78, 5) is 8.16. The van der Waals surface area contributed by atoms with Gasteiger partial charge in [0.2, 0.25) is 5.95 Å². The van der Waals surface area contributed by atoms with Crippen LogP contribution in [0.5, 0.6) is 0 Å². The zero-order valence-electron chi connectivity index (χ0n) is 10.1. The molecule has 0 amide bonds. The van der Waals surface area contributed by atoms with Gasteiger partial charge in [0.25, 0.3) is 0 Å². The second-order valence-corrected chi connectivity index (χ2v) is 3.93. The molecule has 0 fully saturated rings. The van der Waals surface area contributed by atoms with Crippen LogP contribution in [0.1, 0.15) is 18.2 Å². The predicted octanol–water partition coefficient (Wildman–Crippen LogP) is 2.67. The SMILES string of the molecule is CCc1ccc(Nc2cc(C)nc(N)n2)cc1. The Balaban J connectivity index is 2.19. The molecule has 2 aromatic rings. The van der Waals surface area contributed by atoms with Gasteiger partial charge < -0.3 is 11.1 Å². The quantitative estimate of drug-likeness (QED) is 0.847. The minimum absolute atomic E-state index is 0.290. The van der Waals surface area contributed by atoms with E-state index in [-0.39, 0.29) is 5.95 Å². The molecular weight excluding hydrogens is 212 g/mol. The average Bonchev–Trinajstić information content (AvgIpc) is 2.28. The number of nitrogens with zero attached hydrogens (tertiary/aromatic N) is 2. The highest BCUT2D eigenvalue weighted by Gasteiger charge is 2.00. The van der Waals surface area contributed by atoms with Crippen LogP contribution in [0, 0.1) is 6.92 Å². The molecule has 4 heteroatoms. The maximum absolute atomic E-state index is 5.60. The van der Waals surface area contributed by atoms with E-state index < -0.39 is 0 Å². The Bertz CT molecular complexity index is 485. The molecule has 0 saturated heterocycles. The number of hydrogen-bond donors (Lipinski definition) is 2. The van der Waals surface area contributed by atoms with E-state index in [0.717, 1.165) is 23.6 Å². The van der Waals surface area contributed by atoms with Crippen LogP contribution in [-0.4, -0.2) is 9.97 Å². The van der Waals surface area contributed by atoms with E-state index >= 15 is 0 Å². The summed E-state index contributed by atoms with van der Waals surface area (Å²) in [7, 11) is 0. The van der Waals surface area contributed by atoms with Crippen molar-refractivity contribution in [3.63, 3.8) is 0 Å². The lowest BCUT2D eigenvalue weighted by Gasteiger charge is -2.07. The molecule has 17 heavy (non-hydrogen) atoms. The Kier molecular flexibility index (Phi) is 3.23. The lowest BCUT2D eigenvalue weighted by atomic mass is 10.1. The Morgan fingerprint density at radius 3 is 2.47 bits per heavy atom. The topological polar surface area (TPSA) is 63.8 Å². The summed E-state index contributed by atoms with van der Waals surface area (Å²) in [6.07, 6.45) is 1.04. The molecule has 1 aromatic heterocycles. The van der Waals surface area contributed by atoms with Crippen molar-refractivity contribution >= 4 is 17.5 Å². The van der Waals surface area contributed by atoms with E-state index in [9.17, 15) is 0 Å². The standard InChI is InChI=1S/C13H16N4/c1-3-10-4-6-11(7-5-10)16-12-8-9(2)15-13(14)17-12/h4-8H,3H2,1-2H3,(H3,14,15,16,17). The summed E-state index contributed by atoms with van der Waals surface area (Å²) in [5.41, 5.74) is 8.76. The monoisotopic (exact) mass is 228 g/mol. The van der Waals surface area contributed by atoms with Crippen molar-refractivity contribution in [1.82, 2.24) is 9.97 Å². The summed E-state index contributed by atoms with van der Waals surface area (Å²) in [5.74, 6) is 1.01. The number of aromatic nitrogens is 2. The van der Waals surface area contributed by atoms with Crippen molar-refractivity contribution in [3.05, 3.63) is 41.6 Å². The van der Waals surface area contributed by atoms with Crippen LogP contribution in [-0.2, 0) is 6.42 Å². The number of rotatable bonds is 3. The molecule has 0 spiro atoms. The van der Waals surface area contributed by atoms with Gasteiger partial charge in [0.1, 0.15) is 5.82 Å². The first kappa shape index (κ1) is 11.4. The predicted molar refractivity (Wildman–Crippen MR) is 70.3 cm³/mol. The zero-order valence-corrected chi connectivity index (χ0v) is 10.1. The third-order valence-corrected chi connectivity index (χ3v) is 2.51. The second kappa shape index (κ2) is 4.82. The molecule has 3 N–H and O–H groups in total. The zero-order chi connectivity index (χ0) is 12.3. The van der Waals surface area contributed by atoms with E-state index in [1.54, 1.807) is 0 Å². The van der Waals surface area contributed by atoms with Crippen molar-refractivity contribution in [2.24, 2.45) is 0 Å². The second-order valence-electron chi connectivity index (χ2n) is 3.93. The van der Waals surface area contributed by atoms with Gasteiger partial charge in [-0.25, -0.2) is 4.98 Å². The van der Waals surface area contributed by atoms with E-state index in [0.29, 0.717) is 0 Å². The lowest BCUT2D eigenvalue weighted by Crippen LogP contribution is -2.01. The molecule has 0 aliphatic rings. The molecule has 0 saturated carbocycles. The van der Waals surface area contributed by atoms with Crippen LogP contribution in [0.3, 0.4) is 0 Å². The van der Waals surface area contributed by atoms with Gasteiger partial charge in [-0.3, -0.25) is 0 Å². The van der Waals surface area contributed by atoms with Crippen molar-refractivity contribution in [2.45, 2.75) is 20.3 Å². The molecule has 1 aromatic carbocycles. The van der Waals surface area contributed by atoms with Gasteiger partial charge in [0.15, 0.2) is 0 Å². The van der Waals surface area contributed by atoms with Gasteiger partial charge in [-0.05, 0) is 31.0 Å². The number of benzene rings is 1. The molecule has 0 bridgehead atoms. The van der Waals surface area contributed by atoms with Gasteiger partial charge in [0.05, 0.1) is 0 Å². The van der Waals surface area contributed by atoms with E-state index in [2.05, 4.69) is 34.3 Å². The Morgan fingerprint density at radius 2 is 1.88 bits per heavy atom. The maximum atomic E-state index is 5.60. The first-order valence-electron chi connectivity index (χ1n) is 5.64.